The number of ether oxygens (including phenoxy) is 1. The lowest BCUT2D eigenvalue weighted by atomic mass is 9.78. The summed E-state index contributed by atoms with van der Waals surface area (Å²) >= 11 is 3.52. The second-order valence-electron chi connectivity index (χ2n) is 6.56. The van der Waals surface area contributed by atoms with Crippen LogP contribution in [0.1, 0.15) is 43.7 Å². The molecule has 2 N–H and O–H groups in total. The predicted molar refractivity (Wildman–Crippen MR) is 82.9 cm³/mol. The number of rotatable bonds is 0. The molecular weight excluding hydrogens is 316 g/mol. The summed E-state index contributed by atoms with van der Waals surface area (Å²) in [6.07, 6.45) is 5.90. The number of fused-ring (bicyclic) bond motifs is 2. The van der Waals surface area contributed by atoms with Crippen molar-refractivity contribution >= 4 is 15.9 Å². The van der Waals surface area contributed by atoms with Crippen LogP contribution in [-0.4, -0.2) is 29.6 Å². The molecule has 0 aliphatic carbocycles. The van der Waals surface area contributed by atoms with Crippen LogP contribution in [0.15, 0.2) is 22.7 Å². The van der Waals surface area contributed by atoms with Crippen LogP contribution in [-0.2, 0) is 0 Å². The predicted octanol–water partition coefficient (Wildman–Crippen LogP) is 3.23. The summed E-state index contributed by atoms with van der Waals surface area (Å²) in [5, 5.41) is 0. The van der Waals surface area contributed by atoms with Gasteiger partial charge >= 0.3 is 0 Å². The molecule has 3 nitrogen and oxygen atoms in total. The minimum atomic E-state index is -0.0221. The van der Waals surface area contributed by atoms with E-state index in [0.29, 0.717) is 6.04 Å². The van der Waals surface area contributed by atoms with E-state index >= 15 is 0 Å². The summed E-state index contributed by atoms with van der Waals surface area (Å²) in [7, 11) is 0. The lowest BCUT2D eigenvalue weighted by molar-refractivity contribution is -0.0358. The molecule has 2 saturated heterocycles. The van der Waals surface area contributed by atoms with Crippen LogP contribution in [0.5, 0.6) is 5.75 Å². The van der Waals surface area contributed by atoms with E-state index in [1.807, 2.05) is 0 Å². The van der Waals surface area contributed by atoms with E-state index in [9.17, 15) is 0 Å². The summed E-state index contributed by atoms with van der Waals surface area (Å²) in [5.41, 5.74) is 7.57. The van der Waals surface area contributed by atoms with Crippen LogP contribution in [0.25, 0.3) is 0 Å². The van der Waals surface area contributed by atoms with Crippen molar-refractivity contribution in [1.82, 2.24) is 4.90 Å². The van der Waals surface area contributed by atoms with Gasteiger partial charge in [0, 0.05) is 41.5 Å². The highest BCUT2D eigenvalue weighted by Crippen LogP contribution is 2.46. The van der Waals surface area contributed by atoms with Gasteiger partial charge in [0.25, 0.3) is 0 Å². The number of halogens is 1. The second kappa shape index (κ2) is 4.72. The Balaban J connectivity index is 1.63. The van der Waals surface area contributed by atoms with Crippen molar-refractivity contribution in [2.45, 2.75) is 49.8 Å². The summed E-state index contributed by atoms with van der Waals surface area (Å²) in [4.78, 5) is 2.64. The van der Waals surface area contributed by atoms with Gasteiger partial charge in [-0.3, -0.25) is 0 Å². The number of hydrogen-bond acceptors (Lipinski definition) is 3. The van der Waals surface area contributed by atoms with Crippen LogP contribution < -0.4 is 10.5 Å². The van der Waals surface area contributed by atoms with Gasteiger partial charge in [-0.05, 0) is 44.0 Å². The Hall–Kier alpha value is -0.580. The molecule has 1 aromatic rings. The van der Waals surface area contributed by atoms with Crippen molar-refractivity contribution in [2.24, 2.45) is 5.73 Å². The Morgan fingerprint density at radius 2 is 2.20 bits per heavy atom. The zero-order chi connectivity index (χ0) is 13.7. The van der Waals surface area contributed by atoms with Gasteiger partial charge in [0.1, 0.15) is 11.4 Å². The van der Waals surface area contributed by atoms with Gasteiger partial charge in [-0.1, -0.05) is 15.9 Å². The van der Waals surface area contributed by atoms with Gasteiger partial charge in [0.2, 0.25) is 0 Å². The molecule has 0 amide bonds. The highest BCUT2D eigenvalue weighted by Gasteiger charge is 2.46. The summed E-state index contributed by atoms with van der Waals surface area (Å²) in [6.45, 7) is 2.44. The highest BCUT2D eigenvalue weighted by atomic mass is 79.9. The number of nitrogens with zero attached hydrogens (tertiary/aromatic N) is 1. The Morgan fingerprint density at radius 3 is 3.10 bits per heavy atom. The van der Waals surface area contributed by atoms with Crippen LogP contribution in [0.3, 0.4) is 0 Å². The van der Waals surface area contributed by atoms with Crippen molar-refractivity contribution < 1.29 is 4.74 Å². The summed E-state index contributed by atoms with van der Waals surface area (Å²) in [5.74, 6) is 0.999. The van der Waals surface area contributed by atoms with E-state index in [1.165, 1.54) is 25.9 Å². The number of benzene rings is 1. The van der Waals surface area contributed by atoms with Gasteiger partial charge in [0.15, 0.2) is 0 Å². The molecule has 3 heterocycles. The molecule has 0 bridgehead atoms. The van der Waals surface area contributed by atoms with Crippen molar-refractivity contribution in [3.8, 4) is 5.75 Å². The average Bonchev–Trinajstić information content (AvgIpc) is 2.87. The molecule has 2 unspecified atom stereocenters. The van der Waals surface area contributed by atoms with Crippen molar-refractivity contribution in [3.05, 3.63) is 28.2 Å². The van der Waals surface area contributed by atoms with Gasteiger partial charge in [-0.15, -0.1) is 0 Å². The Kier molecular flexibility index (Phi) is 3.09. The first-order valence-corrected chi connectivity index (χ1v) is 8.43. The third-order valence-electron chi connectivity index (χ3n) is 5.25. The molecule has 0 radical (unpaired) electrons. The molecule has 0 saturated carbocycles. The topological polar surface area (TPSA) is 38.5 Å². The summed E-state index contributed by atoms with van der Waals surface area (Å²) in [6, 6.07) is 7.05. The summed E-state index contributed by atoms with van der Waals surface area (Å²) < 4.78 is 7.55. The van der Waals surface area contributed by atoms with Crippen molar-refractivity contribution in [3.63, 3.8) is 0 Å². The molecule has 2 fully saturated rings. The fourth-order valence-electron chi connectivity index (χ4n) is 4.27. The largest absolute Gasteiger partial charge is 0.487 e. The van der Waals surface area contributed by atoms with E-state index in [1.54, 1.807) is 0 Å². The zero-order valence-corrected chi connectivity index (χ0v) is 13.2. The molecule has 4 rings (SSSR count). The van der Waals surface area contributed by atoms with E-state index < -0.39 is 0 Å². The fraction of sp³-hybridized carbons (Fsp3) is 0.625. The number of piperidine rings is 1. The van der Waals surface area contributed by atoms with E-state index in [2.05, 4.69) is 39.0 Å². The number of nitrogens with two attached hydrogens (primary N) is 1. The van der Waals surface area contributed by atoms with Crippen LogP contribution in [0, 0.1) is 0 Å². The molecule has 3 aliphatic heterocycles. The molecule has 4 heteroatoms. The normalized spacial score (nSPS) is 36.5. The Labute approximate surface area is 128 Å². The maximum absolute atomic E-state index is 6.47. The van der Waals surface area contributed by atoms with Gasteiger partial charge in [-0.25, -0.2) is 0 Å². The van der Waals surface area contributed by atoms with Crippen LogP contribution >= 0.6 is 15.9 Å². The van der Waals surface area contributed by atoms with Gasteiger partial charge < -0.3 is 15.4 Å². The molecule has 20 heavy (non-hydrogen) atoms. The first kappa shape index (κ1) is 13.1. The van der Waals surface area contributed by atoms with Gasteiger partial charge in [-0.2, -0.15) is 0 Å². The molecule has 3 atom stereocenters. The molecule has 108 valence electrons. The minimum absolute atomic E-state index is 0.0221. The second-order valence-corrected chi connectivity index (χ2v) is 7.48. The van der Waals surface area contributed by atoms with Crippen molar-refractivity contribution in [2.75, 3.05) is 13.1 Å². The van der Waals surface area contributed by atoms with Gasteiger partial charge in [0.05, 0.1) is 0 Å². The number of hydrogen-bond donors (Lipinski definition) is 1. The Bertz CT molecular complexity index is 535. The molecular formula is C16H21BrN2O. The average molecular weight is 337 g/mol. The van der Waals surface area contributed by atoms with E-state index in [4.69, 9.17) is 10.5 Å². The fourth-order valence-corrected chi connectivity index (χ4v) is 4.64. The molecule has 1 spiro atoms. The maximum atomic E-state index is 6.47. The lowest BCUT2D eigenvalue weighted by Gasteiger charge is -2.48. The molecule has 0 aromatic heterocycles. The standard InChI is InChI=1S/C16H21BrN2O/c17-11-3-4-15-13(8-11)14(18)10-16(20-15)5-7-19-6-1-2-12(19)9-16/h3-4,8,12,14H,1-2,5-7,9-10,18H2/t12?,14-,16?/m0/s1. The third-order valence-corrected chi connectivity index (χ3v) is 5.74. The van der Waals surface area contributed by atoms with Crippen LogP contribution in [0.2, 0.25) is 0 Å². The zero-order valence-electron chi connectivity index (χ0n) is 11.6. The first-order chi connectivity index (χ1) is 9.65. The van der Waals surface area contributed by atoms with E-state index in [0.717, 1.165) is 35.0 Å². The first-order valence-electron chi connectivity index (χ1n) is 7.63. The quantitative estimate of drug-likeness (QED) is 0.790. The highest BCUT2D eigenvalue weighted by molar-refractivity contribution is 9.10. The smallest absolute Gasteiger partial charge is 0.124 e. The Morgan fingerprint density at radius 1 is 1.30 bits per heavy atom. The third kappa shape index (κ3) is 2.09. The van der Waals surface area contributed by atoms with E-state index in [-0.39, 0.29) is 11.6 Å². The maximum Gasteiger partial charge on any atom is 0.124 e. The SMILES string of the molecule is N[C@H]1CC2(CCN3CCCC3C2)Oc2ccc(Br)cc21. The monoisotopic (exact) mass is 336 g/mol. The van der Waals surface area contributed by atoms with Crippen LogP contribution in [0.4, 0.5) is 0 Å². The van der Waals surface area contributed by atoms with Crippen molar-refractivity contribution in [1.29, 1.82) is 0 Å². The molecule has 3 aliphatic rings. The molecule has 1 aromatic carbocycles. The minimum Gasteiger partial charge on any atom is -0.487 e. The lowest BCUT2D eigenvalue weighted by Crippen LogP contribution is -2.53.